The number of hydrogen-bond acceptors (Lipinski definition) is 3. The number of carbonyl (C=O) groups is 1. The summed E-state index contributed by atoms with van der Waals surface area (Å²) in [6.07, 6.45) is 0. The molecule has 0 aromatic rings. The molecule has 0 fully saturated rings. The second-order valence-corrected chi connectivity index (χ2v) is 3.06. The van der Waals surface area contributed by atoms with Crippen LogP contribution in [0.5, 0.6) is 0 Å². The highest BCUT2D eigenvalue weighted by Crippen LogP contribution is 2.11. The number of rotatable bonds is 4. The Morgan fingerprint density at radius 2 is 1.92 bits per heavy atom. The van der Waals surface area contributed by atoms with Crippen LogP contribution in [0.2, 0.25) is 0 Å². The Morgan fingerprint density at radius 3 is 2.25 bits per heavy atom. The van der Waals surface area contributed by atoms with Crippen LogP contribution in [0.4, 0.5) is 4.79 Å². The molecule has 0 bridgehead atoms. The zero-order chi connectivity index (χ0) is 9.61. The van der Waals surface area contributed by atoms with E-state index in [1.165, 1.54) is 7.05 Å². The molecule has 72 valence electrons. The van der Waals surface area contributed by atoms with Crippen LogP contribution in [-0.2, 0) is 0 Å². The van der Waals surface area contributed by atoms with E-state index in [-0.39, 0.29) is 25.8 Å². The maximum Gasteiger partial charge on any atom is 0.314 e. The van der Waals surface area contributed by atoms with E-state index in [2.05, 4.69) is 10.6 Å². The zero-order valence-electron chi connectivity index (χ0n) is 7.42. The van der Waals surface area contributed by atoms with E-state index in [0.29, 0.717) is 0 Å². The summed E-state index contributed by atoms with van der Waals surface area (Å²) in [6, 6.07) is -0.317. The van der Waals surface area contributed by atoms with Crippen LogP contribution in [0.1, 0.15) is 6.92 Å². The predicted octanol–water partition coefficient (Wildman–Crippen LogP) is -1.09. The Balaban J connectivity index is 3.80. The van der Waals surface area contributed by atoms with E-state index in [1.807, 2.05) is 0 Å². The van der Waals surface area contributed by atoms with E-state index in [0.717, 1.165) is 0 Å². The summed E-state index contributed by atoms with van der Waals surface area (Å²) in [6.45, 7) is 1.61. The van der Waals surface area contributed by atoms with Crippen molar-refractivity contribution in [3.05, 3.63) is 0 Å². The molecule has 5 nitrogen and oxygen atoms in total. The minimum atomic E-state index is -0.646. The van der Waals surface area contributed by atoms with Gasteiger partial charge >= 0.3 is 6.03 Å². The SMILES string of the molecule is CNC(=O)NCC(C)(CO)CO. The maximum absolute atomic E-state index is 10.7. The smallest absolute Gasteiger partial charge is 0.314 e. The first-order valence-corrected chi connectivity index (χ1v) is 3.75. The first-order valence-electron chi connectivity index (χ1n) is 3.75. The van der Waals surface area contributed by atoms with Crippen LogP contribution < -0.4 is 10.6 Å². The number of amides is 2. The van der Waals surface area contributed by atoms with E-state index in [9.17, 15) is 4.79 Å². The molecule has 0 radical (unpaired) electrons. The van der Waals surface area contributed by atoms with Gasteiger partial charge in [-0.25, -0.2) is 4.79 Å². The molecule has 0 saturated carbocycles. The average molecular weight is 176 g/mol. The third-order valence-electron chi connectivity index (χ3n) is 1.67. The molecule has 0 rings (SSSR count). The molecule has 0 aromatic carbocycles. The summed E-state index contributed by atoms with van der Waals surface area (Å²) >= 11 is 0. The van der Waals surface area contributed by atoms with Crippen molar-refractivity contribution in [3.63, 3.8) is 0 Å². The topological polar surface area (TPSA) is 81.6 Å². The summed E-state index contributed by atoms with van der Waals surface area (Å²) in [7, 11) is 1.50. The standard InChI is InChI=1S/C7H16N2O3/c1-7(4-10,5-11)3-9-6(12)8-2/h10-11H,3-5H2,1-2H3,(H2,8,9,12). The Hall–Kier alpha value is -0.810. The fourth-order valence-electron chi connectivity index (χ4n) is 0.544. The lowest BCUT2D eigenvalue weighted by atomic mass is 9.93. The molecule has 0 aliphatic heterocycles. The molecule has 0 saturated heterocycles. The van der Waals surface area contributed by atoms with E-state index in [1.54, 1.807) is 6.92 Å². The second-order valence-electron chi connectivity index (χ2n) is 3.06. The third-order valence-corrected chi connectivity index (χ3v) is 1.67. The summed E-state index contributed by atoms with van der Waals surface area (Å²) in [5.74, 6) is 0. The molecule has 0 heterocycles. The van der Waals surface area contributed by atoms with Crippen molar-refractivity contribution in [1.29, 1.82) is 0 Å². The summed E-state index contributed by atoms with van der Waals surface area (Å²) < 4.78 is 0. The fourth-order valence-corrected chi connectivity index (χ4v) is 0.544. The van der Waals surface area contributed by atoms with Crippen molar-refractivity contribution < 1.29 is 15.0 Å². The number of hydrogen-bond donors (Lipinski definition) is 4. The van der Waals surface area contributed by atoms with Crippen LogP contribution in [0.3, 0.4) is 0 Å². The van der Waals surface area contributed by atoms with Crippen LogP contribution >= 0.6 is 0 Å². The van der Waals surface area contributed by atoms with Gasteiger partial charge in [-0.2, -0.15) is 0 Å². The Morgan fingerprint density at radius 1 is 1.42 bits per heavy atom. The van der Waals surface area contributed by atoms with Crippen molar-refractivity contribution >= 4 is 6.03 Å². The van der Waals surface area contributed by atoms with Gasteiger partial charge in [0.25, 0.3) is 0 Å². The van der Waals surface area contributed by atoms with E-state index in [4.69, 9.17) is 10.2 Å². The molecule has 2 amide bonds. The van der Waals surface area contributed by atoms with Crippen molar-refractivity contribution in [3.8, 4) is 0 Å². The lowest BCUT2D eigenvalue weighted by Gasteiger charge is -2.24. The lowest BCUT2D eigenvalue weighted by Crippen LogP contribution is -2.43. The highest BCUT2D eigenvalue weighted by Gasteiger charge is 2.22. The van der Waals surface area contributed by atoms with Gasteiger partial charge in [-0.3, -0.25) is 0 Å². The summed E-state index contributed by atoms with van der Waals surface area (Å²) in [5.41, 5.74) is -0.646. The Bertz CT molecular complexity index is 146. The molecular formula is C7H16N2O3. The lowest BCUT2D eigenvalue weighted by molar-refractivity contribution is 0.0718. The van der Waals surface area contributed by atoms with Gasteiger partial charge in [0.05, 0.1) is 13.2 Å². The van der Waals surface area contributed by atoms with Gasteiger partial charge in [-0.05, 0) is 0 Å². The van der Waals surface area contributed by atoms with Crippen LogP contribution in [-0.4, -0.2) is 43.1 Å². The van der Waals surface area contributed by atoms with Crippen LogP contribution in [0.25, 0.3) is 0 Å². The molecule has 0 aliphatic carbocycles. The van der Waals surface area contributed by atoms with Crippen LogP contribution in [0, 0.1) is 5.41 Å². The molecule has 0 spiro atoms. The van der Waals surface area contributed by atoms with Crippen molar-refractivity contribution in [2.75, 3.05) is 26.8 Å². The van der Waals surface area contributed by atoms with Gasteiger partial charge in [0.1, 0.15) is 0 Å². The summed E-state index contributed by atoms with van der Waals surface area (Å²) in [5, 5.41) is 22.6. The first-order chi connectivity index (χ1) is 5.58. The van der Waals surface area contributed by atoms with Gasteiger partial charge in [-0.15, -0.1) is 0 Å². The van der Waals surface area contributed by atoms with Crippen molar-refractivity contribution in [2.24, 2.45) is 5.41 Å². The normalized spacial score (nSPS) is 11.0. The van der Waals surface area contributed by atoms with E-state index < -0.39 is 5.41 Å². The van der Waals surface area contributed by atoms with Crippen molar-refractivity contribution in [2.45, 2.75) is 6.92 Å². The molecule has 5 heteroatoms. The van der Waals surface area contributed by atoms with Crippen LogP contribution in [0.15, 0.2) is 0 Å². The quantitative estimate of drug-likeness (QED) is 0.439. The highest BCUT2D eigenvalue weighted by molar-refractivity contribution is 5.73. The number of urea groups is 1. The largest absolute Gasteiger partial charge is 0.396 e. The molecular weight excluding hydrogens is 160 g/mol. The number of aliphatic hydroxyl groups is 2. The Labute approximate surface area is 71.8 Å². The van der Waals surface area contributed by atoms with Gasteiger partial charge in [-0.1, -0.05) is 6.92 Å². The molecule has 0 atom stereocenters. The molecule has 12 heavy (non-hydrogen) atoms. The predicted molar refractivity (Wildman–Crippen MR) is 44.7 cm³/mol. The Kier molecular flexibility index (Phi) is 4.61. The van der Waals surface area contributed by atoms with Gasteiger partial charge < -0.3 is 20.8 Å². The van der Waals surface area contributed by atoms with Crippen molar-refractivity contribution in [1.82, 2.24) is 10.6 Å². The molecule has 4 N–H and O–H groups in total. The average Bonchev–Trinajstić information content (AvgIpc) is 2.13. The minimum absolute atomic E-state index is 0.159. The number of nitrogens with one attached hydrogen (secondary N) is 2. The fraction of sp³-hybridized carbons (Fsp3) is 0.857. The van der Waals surface area contributed by atoms with E-state index >= 15 is 0 Å². The number of carbonyl (C=O) groups excluding carboxylic acids is 1. The first kappa shape index (κ1) is 11.2. The monoisotopic (exact) mass is 176 g/mol. The maximum atomic E-state index is 10.7. The molecule has 0 aliphatic rings. The molecule has 0 aromatic heterocycles. The number of aliphatic hydroxyl groups excluding tert-OH is 2. The third kappa shape index (κ3) is 3.54. The minimum Gasteiger partial charge on any atom is -0.396 e. The summed E-state index contributed by atoms with van der Waals surface area (Å²) in [4.78, 5) is 10.7. The van der Waals surface area contributed by atoms with Gasteiger partial charge in [0.2, 0.25) is 0 Å². The second kappa shape index (κ2) is 4.95. The zero-order valence-corrected chi connectivity index (χ0v) is 7.42. The van der Waals surface area contributed by atoms with Gasteiger partial charge in [0, 0.05) is 19.0 Å². The highest BCUT2D eigenvalue weighted by atomic mass is 16.3. The molecule has 0 unspecified atom stereocenters. The van der Waals surface area contributed by atoms with Gasteiger partial charge in [0.15, 0.2) is 0 Å².